The van der Waals surface area contributed by atoms with Crippen molar-refractivity contribution in [2.45, 2.75) is 18.0 Å². The quantitative estimate of drug-likeness (QED) is 0.321. The summed E-state index contributed by atoms with van der Waals surface area (Å²) in [6.45, 7) is 2.26. The molecule has 1 amide bonds. The number of carbonyl (C=O) groups excluding carboxylic acids is 1. The lowest BCUT2D eigenvalue weighted by atomic mass is 10.2. The number of pyridine rings is 1. The third-order valence-corrected chi connectivity index (χ3v) is 6.55. The molecule has 202 valence electrons. The van der Waals surface area contributed by atoms with Crippen LogP contribution in [-0.4, -0.2) is 44.8 Å². The summed E-state index contributed by atoms with van der Waals surface area (Å²) >= 11 is 5.61. The molecule has 0 bridgehead atoms. The maximum Gasteiger partial charge on any atom is 0.417 e. The Labute approximate surface area is 223 Å². The van der Waals surface area contributed by atoms with Crippen LogP contribution in [0, 0.1) is 6.92 Å². The van der Waals surface area contributed by atoms with Crippen molar-refractivity contribution in [3.8, 4) is 11.6 Å². The molecule has 3 rings (SSSR count). The molecule has 0 radical (unpaired) electrons. The molecule has 8 nitrogen and oxygen atoms in total. The molecular weight excluding hydrogens is 545 g/mol. The number of carbonyl (C=O) groups is 1. The Kier molecular flexibility index (Phi) is 9.02. The zero-order valence-electron chi connectivity index (χ0n) is 20.5. The predicted molar refractivity (Wildman–Crippen MR) is 139 cm³/mol. The average Bonchev–Trinajstić information content (AvgIpc) is 2.81. The Morgan fingerprint density at radius 3 is 2.45 bits per heavy atom. The number of anilines is 2. The summed E-state index contributed by atoms with van der Waals surface area (Å²) in [6.07, 6.45) is -0.272. The summed E-state index contributed by atoms with van der Waals surface area (Å²) in [4.78, 5) is 17.4. The van der Waals surface area contributed by atoms with Crippen LogP contribution >= 0.6 is 11.6 Å². The summed E-state index contributed by atoms with van der Waals surface area (Å²) in [5.74, 6) is -0.172. The van der Waals surface area contributed by atoms with Gasteiger partial charge in [-0.05, 0) is 75.1 Å². The summed E-state index contributed by atoms with van der Waals surface area (Å²) in [5.41, 5.74) is -0.293. The fourth-order valence-corrected chi connectivity index (χ4v) is 4.37. The number of sulfonamides is 1. The van der Waals surface area contributed by atoms with Gasteiger partial charge < -0.3 is 15.0 Å². The standard InChI is InChI=1S/C25H24ClF3N4O4S/c1-16-13-22(32-38(35,36)19-10-11-21(26)20(14-19)25(27,28)29)24(30-15-16)37-18-8-6-17(7-9-18)31-23(34)5-4-12-33(2)3/h4-11,13-15,32H,12H2,1-3H3,(H,31,34)/b5-4+. The highest BCUT2D eigenvalue weighted by Gasteiger charge is 2.34. The van der Waals surface area contributed by atoms with Gasteiger partial charge in [-0.15, -0.1) is 0 Å². The average molecular weight is 569 g/mol. The molecule has 13 heteroatoms. The molecule has 0 unspecified atom stereocenters. The number of benzene rings is 2. The van der Waals surface area contributed by atoms with E-state index in [0.717, 1.165) is 12.1 Å². The van der Waals surface area contributed by atoms with Gasteiger partial charge in [-0.2, -0.15) is 13.2 Å². The Morgan fingerprint density at radius 1 is 1.13 bits per heavy atom. The number of ether oxygens (including phenoxy) is 1. The van der Waals surface area contributed by atoms with Crippen LogP contribution in [0.25, 0.3) is 0 Å². The van der Waals surface area contributed by atoms with Gasteiger partial charge in [0, 0.05) is 24.5 Å². The fourth-order valence-electron chi connectivity index (χ4n) is 3.08. The lowest BCUT2D eigenvalue weighted by Gasteiger charge is -2.15. The zero-order chi connectivity index (χ0) is 28.1. The van der Waals surface area contributed by atoms with E-state index in [2.05, 4.69) is 15.0 Å². The molecule has 0 saturated carbocycles. The molecular formula is C25H24ClF3N4O4S. The van der Waals surface area contributed by atoms with Crippen LogP contribution < -0.4 is 14.8 Å². The first kappa shape index (κ1) is 29.0. The van der Waals surface area contributed by atoms with E-state index < -0.39 is 31.7 Å². The van der Waals surface area contributed by atoms with Gasteiger partial charge in [0.25, 0.3) is 10.0 Å². The highest BCUT2D eigenvalue weighted by Crippen LogP contribution is 2.37. The van der Waals surface area contributed by atoms with Crippen LogP contribution in [-0.2, 0) is 21.0 Å². The molecule has 0 aliphatic rings. The molecule has 0 aliphatic carbocycles. The lowest BCUT2D eigenvalue weighted by molar-refractivity contribution is -0.137. The van der Waals surface area contributed by atoms with Crippen molar-refractivity contribution in [2.75, 3.05) is 30.7 Å². The number of hydrogen-bond acceptors (Lipinski definition) is 6. The molecule has 0 fully saturated rings. The molecule has 0 aliphatic heterocycles. The second kappa shape index (κ2) is 11.8. The maximum absolute atomic E-state index is 13.2. The SMILES string of the molecule is Cc1cnc(Oc2ccc(NC(=O)/C=C/CN(C)C)cc2)c(NS(=O)(=O)c2ccc(Cl)c(C(F)(F)F)c2)c1. The lowest BCUT2D eigenvalue weighted by Crippen LogP contribution is -2.16. The van der Waals surface area contributed by atoms with E-state index in [1.165, 1.54) is 30.5 Å². The molecule has 0 saturated heterocycles. The second-order valence-electron chi connectivity index (χ2n) is 8.39. The first-order valence-corrected chi connectivity index (χ1v) is 12.9. The topological polar surface area (TPSA) is 101 Å². The zero-order valence-corrected chi connectivity index (χ0v) is 22.1. The minimum Gasteiger partial charge on any atom is -0.437 e. The van der Waals surface area contributed by atoms with Crippen molar-refractivity contribution in [3.05, 3.63) is 83.0 Å². The molecule has 0 spiro atoms. The molecule has 2 N–H and O–H groups in total. The first-order chi connectivity index (χ1) is 17.7. The van der Waals surface area contributed by atoms with E-state index in [0.29, 0.717) is 23.9 Å². The minimum absolute atomic E-state index is 0.0862. The van der Waals surface area contributed by atoms with Crippen molar-refractivity contribution in [1.29, 1.82) is 0 Å². The van der Waals surface area contributed by atoms with Gasteiger partial charge in [-0.1, -0.05) is 17.7 Å². The number of aromatic nitrogens is 1. The van der Waals surface area contributed by atoms with Crippen LogP contribution in [0.15, 0.2) is 71.8 Å². The van der Waals surface area contributed by atoms with Crippen LogP contribution in [0.5, 0.6) is 11.6 Å². The van der Waals surface area contributed by atoms with Crippen LogP contribution in [0.4, 0.5) is 24.5 Å². The van der Waals surface area contributed by atoms with Crippen molar-refractivity contribution >= 4 is 38.9 Å². The van der Waals surface area contributed by atoms with E-state index in [9.17, 15) is 26.4 Å². The summed E-state index contributed by atoms with van der Waals surface area (Å²) in [5, 5.41) is 2.07. The van der Waals surface area contributed by atoms with E-state index in [1.54, 1.807) is 25.1 Å². The number of amides is 1. The normalized spacial score (nSPS) is 12.1. The highest BCUT2D eigenvalue weighted by molar-refractivity contribution is 7.92. The van der Waals surface area contributed by atoms with Crippen LogP contribution in [0.3, 0.4) is 0 Å². The first-order valence-electron chi connectivity index (χ1n) is 11.0. The number of hydrogen-bond donors (Lipinski definition) is 2. The largest absolute Gasteiger partial charge is 0.437 e. The minimum atomic E-state index is -4.84. The van der Waals surface area contributed by atoms with E-state index in [1.807, 2.05) is 19.0 Å². The van der Waals surface area contributed by atoms with Crippen molar-refractivity contribution < 1.29 is 31.1 Å². The van der Waals surface area contributed by atoms with E-state index in [4.69, 9.17) is 16.3 Å². The Bertz CT molecular complexity index is 1440. The maximum atomic E-state index is 13.2. The molecule has 1 heterocycles. The predicted octanol–water partition coefficient (Wildman–Crippen LogP) is 5.71. The number of alkyl halides is 3. The van der Waals surface area contributed by atoms with Gasteiger partial charge in [-0.3, -0.25) is 9.52 Å². The number of rotatable bonds is 9. The number of nitrogens with one attached hydrogen (secondary N) is 2. The Balaban J connectivity index is 1.79. The van der Waals surface area contributed by atoms with Gasteiger partial charge in [0.1, 0.15) is 11.4 Å². The van der Waals surface area contributed by atoms with Crippen molar-refractivity contribution in [1.82, 2.24) is 9.88 Å². The fraction of sp³-hybridized carbons (Fsp3) is 0.200. The van der Waals surface area contributed by atoms with Gasteiger partial charge in [0.15, 0.2) is 0 Å². The van der Waals surface area contributed by atoms with Crippen molar-refractivity contribution in [2.24, 2.45) is 0 Å². The van der Waals surface area contributed by atoms with Crippen LogP contribution in [0.1, 0.15) is 11.1 Å². The number of halogens is 4. The number of aryl methyl sites for hydroxylation is 1. The molecule has 0 atom stereocenters. The van der Waals surface area contributed by atoms with Gasteiger partial charge in [-0.25, -0.2) is 13.4 Å². The second-order valence-corrected chi connectivity index (χ2v) is 10.5. The van der Waals surface area contributed by atoms with Crippen molar-refractivity contribution in [3.63, 3.8) is 0 Å². The Hall–Kier alpha value is -3.61. The molecule has 2 aromatic carbocycles. The number of nitrogens with zero attached hydrogens (tertiary/aromatic N) is 2. The number of likely N-dealkylation sites (N-methyl/N-ethyl adjacent to an activating group) is 1. The summed E-state index contributed by atoms with van der Waals surface area (Å²) < 4.78 is 73.5. The molecule has 38 heavy (non-hydrogen) atoms. The van der Waals surface area contributed by atoms with E-state index in [-0.39, 0.29) is 23.2 Å². The van der Waals surface area contributed by atoms with E-state index >= 15 is 0 Å². The molecule has 1 aromatic heterocycles. The molecule has 3 aromatic rings. The monoisotopic (exact) mass is 568 g/mol. The Morgan fingerprint density at radius 2 is 1.82 bits per heavy atom. The highest BCUT2D eigenvalue weighted by atomic mass is 35.5. The van der Waals surface area contributed by atoms with Gasteiger partial charge in [0.2, 0.25) is 11.8 Å². The van der Waals surface area contributed by atoms with Gasteiger partial charge >= 0.3 is 6.18 Å². The summed E-state index contributed by atoms with van der Waals surface area (Å²) in [7, 11) is -0.710. The smallest absolute Gasteiger partial charge is 0.417 e. The third-order valence-electron chi connectivity index (χ3n) is 4.86. The summed E-state index contributed by atoms with van der Waals surface area (Å²) in [6, 6.07) is 9.94. The van der Waals surface area contributed by atoms with Crippen LogP contribution in [0.2, 0.25) is 5.02 Å². The van der Waals surface area contributed by atoms with Gasteiger partial charge in [0.05, 0.1) is 15.5 Å². The third kappa shape index (κ3) is 7.94.